The molecule has 0 aromatic heterocycles. The topological polar surface area (TPSA) is 151 Å². The minimum Gasteiger partial charge on any atom is -0.475 e. The molecular formula is C23H24ClF3N4O5. The van der Waals surface area contributed by atoms with E-state index in [1.165, 1.54) is 0 Å². The Morgan fingerprint density at radius 3 is 2.08 bits per heavy atom. The van der Waals surface area contributed by atoms with E-state index in [-0.39, 0.29) is 24.1 Å². The van der Waals surface area contributed by atoms with Gasteiger partial charge in [0, 0.05) is 24.5 Å². The van der Waals surface area contributed by atoms with Crippen molar-refractivity contribution in [3.8, 4) is 0 Å². The van der Waals surface area contributed by atoms with Gasteiger partial charge in [0.2, 0.25) is 17.7 Å². The number of carbonyl (C=O) groups excluding carboxylic acids is 3. The summed E-state index contributed by atoms with van der Waals surface area (Å²) >= 11 is 5.96. The van der Waals surface area contributed by atoms with Crippen LogP contribution in [0.4, 0.5) is 13.2 Å². The molecule has 0 spiro atoms. The molecule has 0 radical (unpaired) electrons. The summed E-state index contributed by atoms with van der Waals surface area (Å²) in [7, 11) is 0. The van der Waals surface area contributed by atoms with Gasteiger partial charge in [-0.1, -0.05) is 48.0 Å². The van der Waals surface area contributed by atoms with E-state index >= 15 is 0 Å². The molecule has 3 rings (SSSR count). The number of nitrogens with two attached hydrogens (primary N) is 1. The second-order valence-electron chi connectivity index (χ2n) is 7.76. The molecule has 3 amide bonds. The lowest BCUT2D eigenvalue weighted by atomic mass is 10.0. The summed E-state index contributed by atoms with van der Waals surface area (Å²) in [6.07, 6.45) is -4.88. The van der Waals surface area contributed by atoms with E-state index in [2.05, 4.69) is 16.0 Å². The third-order valence-corrected chi connectivity index (χ3v) is 5.21. The average molecular weight is 529 g/mol. The predicted molar refractivity (Wildman–Crippen MR) is 124 cm³/mol. The number of carbonyl (C=O) groups is 4. The fourth-order valence-electron chi connectivity index (χ4n) is 3.11. The molecule has 1 heterocycles. The molecule has 6 N–H and O–H groups in total. The molecule has 9 nitrogen and oxygen atoms in total. The maximum atomic E-state index is 12.4. The minimum atomic E-state index is -5.08. The van der Waals surface area contributed by atoms with Crippen molar-refractivity contribution in [1.29, 1.82) is 0 Å². The second kappa shape index (κ2) is 12.9. The van der Waals surface area contributed by atoms with Crippen LogP contribution in [0.2, 0.25) is 5.02 Å². The predicted octanol–water partition coefficient (Wildman–Crippen LogP) is 1.66. The van der Waals surface area contributed by atoms with Gasteiger partial charge in [-0.25, -0.2) is 4.79 Å². The van der Waals surface area contributed by atoms with Crippen LogP contribution in [0.15, 0.2) is 48.5 Å². The average Bonchev–Trinajstić information content (AvgIpc) is 2.81. The number of nitrogens with one attached hydrogen (secondary N) is 3. The third-order valence-electron chi connectivity index (χ3n) is 4.98. The Balaban J connectivity index is 0.000000572. The Morgan fingerprint density at radius 1 is 0.972 bits per heavy atom. The van der Waals surface area contributed by atoms with Crippen LogP contribution in [0.5, 0.6) is 0 Å². The molecule has 36 heavy (non-hydrogen) atoms. The van der Waals surface area contributed by atoms with Crippen LogP contribution in [0.3, 0.4) is 0 Å². The van der Waals surface area contributed by atoms with Crippen molar-refractivity contribution in [1.82, 2.24) is 16.0 Å². The van der Waals surface area contributed by atoms with Gasteiger partial charge in [-0.05, 0) is 28.8 Å². The fourth-order valence-corrected chi connectivity index (χ4v) is 3.33. The molecule has 1 fully saturated rings. The van der Waals surface area contributed by atoms with Gasteiger partial charge in [0.15, 0.2) is 0 Å². The maximum absolute atomic E-state index is 12.4. The first-order valence-electron chi connectivity index (χ1n) is 10.6. The summed E-state index contributed by atoms with van der Waals surface area (Å²) in [5.74, 6) is -3.77. The van der Waals surface area contributed by atoms with Crippen molar-refractivity contribution in [3.05, 3.63) is 70.2 Å². The largest absolute Gasteiger partial charge is 0.490 e. The van der Waals surface area contributed by atoms with Gasteiger partial charge in [-0.15, -0.1) is 0 Å². The zero-order valence-electron chi connectivity index (χ0n) is 18.8. The Morgan fingerprint density at radius 2 is 1.53 bits per heavy atom. The molecule has 1 aliphatic heterocycles. The van der Waals surface area contributed by atoms with E-state index < -0.39 is 24.2 Å². The Bertz CT molecular complexity index is 1100. The zero-order valence-corrected chi connectivity index (χ0v) is 19.5. The van der Waals surface area contributed by atoms with Crippen LogP contribution in [0.1, 0.15) is 23.1 Å². The number of piperazine rings is 1. The number of halogens is 4. The SMILES string of the molecule is NCc1ccc(CNC(=O)CC2NC(=O)C(Cc3cccc(Cl)c3)NC2=O)cc1.O=C(O)C(F)(F)F. The van der Waals surface area contributed by atoms with E-state index in [1.54, 1.807) is 18.2 Å². The molecule has 2 unspecified atom stereocenters. The molecule has 1 aliphatic rings. The highest BCUT2D eigenvalue weighted by Crippen LogP contribution is 2.14. The Hall–Kier alpha value is -3.64. The van der Waals surface area contributed by atoms with E-state index in [9.17, 15) is 27.6 Å². The van der Waals surface area contributed by atoms with E-state index in [1.807, 2.05) is 30.3 Å². The van der Waals surface area contributed by atoms with E-state index in [0.29, 0.717) is 24.5 Å². The lowest BCUT2D eigenvalue weighted by molar-refractivity contribution is -0.192. The van der Waals surface area contributed by atoms with Gasteiger partial charge in [0.25, 0.3) is 0 Å². The number of hydrogen-bond acceptors (Lipinski definition) is 5. The molecule has 0 saturated carbocycles. The van der Waals surface area contributed by atoms with E-state index in [0.717, 1.165) is 16.7 Å². The smallest absolute Gasteiger partial charge is 0.475 e. The summed E-state index contributed by atoms with van der Waals surface area (Å²) in [6.45, 7) is 0.796. The van der Waals surface area contributed by atoms with Crippen molar-refractivity contribution in [3.63, 3.8) is 0 Å². The first-order valence-corrected chi connectivity index (χ1v) is 11.0. The maximum Gasteiger partial charge on any atom is 0.490 e. The highest BCUT2D eigenvalue weighted by molar-refractivity contribution is 6.30. The summed E-state index contributed by atoms with van der Waals surface area (Å²) in [5, 5.41) is 15.8. The Kier molecular flexibility index (Phi) is 10.2. The highest BCUT2D eigenvalue weighted by atomic mass is 35.5. The number of carboxylic acids is 1. The lowest BCUT2D eigenvalue weighted by Crippen LogP contribution is -2.63. The van der Waals surface area contributed by atoms with Crippen LogP contribution in [0, 0.1) is 0 Å². The summed E-state index contributed by atoms with van der Waals surface area (Å²) in [4.78, 5) is 45.8. The molecule has 194 valence electrons. The van der Waals surface area contributed by atoms with Crippen molar-refractivity contribution in [2.75, 3.05) is 0 Å². The van der Waals surface area contributed by atoms with Crippen molar-refractivity contribution in [2.24, 2.45) is 5.73 Å². The number of rotatable bonds is 7. The van der Waals surface area contributed by atoms with Crippen LogP contribution in [-0.2, 0) is 38.7 Å². The molecule has 2 aromatic rings. The first-order chi connectivity index (χ1) is 16.9. The van der Waals surface area contributed by atoms with Crippen LogP contribution < -0.4 is 21.7 Å². The molecular weight excluding hydrogens is 505 g/mol. The van der Waals surface area contributed by atoms with Gasteiger partial charge in [0.05, 0.1) is 6.42 Å². The third kappa shape index (κ3) is 9.19. The molecule has 0 bridgehead atoms. The van der Waals surface area contributed by atoms with Crippen LogP contribution >= 0.6 is 11.6 Å². The normalized spacial score (nSPS) is 17.2. The quantitative estimate of drug-likeness (QED) is 0.369. The minimum absolute atomic E-state index is 0.123. The van der Waals surface area contributed by atoms with Crippen molar-refractivity contribution in [2.45, 2.75) is 44.2 Å². The van der Waals surface area contributed by atoms with Gasteiger partial charge < -0.3 is 26.8 Å². The number of alkyl halides is 3. The Labute approximate surface area is 209 Å². The molecule has 2 aromatic carbocycles. The number of amides is 3. The summed E-state index contributed by atoms with van der Waals surface area (Å²) in [5.41, 5.74) is 8.34. The first kappa shape index (κ1) is 28.6. The summed E-state index contributed by atoms with van der Waals surface area (Å²) in [6, 6.07) is 13.1. The highest BCUT2D eigenvalue weighted by Gasteiger charge is 2.38. The standard InChI is InChI=1S/C21H23ClN4O3.C2HF3O2/c22-16-3-1-2-15(8-16)9-17-20(28)26-18(21(29)25-17)10-19(27)24-12-14-6-4-13(11-23)5-7-14;3-2(4,5)1(6)7/h1-8,17-18H,9-12,23H2,(H,24,27)(H,25,29)(H,26,28);(H,6,7). The second-order valence-corrected chi connectivity index (χ2v) is 8.20. The zero-order chi connectivity index (χ0) is 26.9. The van der Waals surface area contributed by atoms with Crippen LogP contribution in [-0.4, -0.2) is 47.1 Å². The number of hydrogen-bond donors (Lipinski definition) is 5. The lowest BCUT2D eigenvalue weighted by Gasteiger charge is -2.29. The van der Waals surface area contributed by atoms with Crippen molar-refractivity contribution < 1.29 is 37.5 Å². The fraction of sp³-hybridized carbons (Fsp3) is 0.304. The molecule has 1 saturated heterocycles. The van der Waals surface area contributed by atoms with E-state index in [4.69, 9.17) is 27.2 Å². The van der Waals surface area contributed by atoms with Crippen LogP contribution in [0.25, 0.3) is 0 Å². The monoisotopic (exact) mass is 528 g/mol. The molecule has 2 atom stereocenters. The number of carboxylic acid groups (broad SMARTS) is 1. The van der Waals surface area contributed by atoms with Gasteiger partial charge in [-0.3, -0.25) is 14.4 Å². The van der Waals surface area contributed by atoms with Gasteiger partial charge in [0.1, 0.15) is 12.1 Å². The van der Waals surface area contributed by atoms with Gasteiger partial charge in [-0.2, -0.15) is 13.2 Å². The molecule has 13 heteroatoms. The van der Waals surface area contributed by atoms with Gasteiger partial charge >= 0.3 is 12.1 Å². The molecule has 0 aliphatic carbocycles. The van der Waals surface area contributed by atoms with Crippen molar-refractivity contribution >= 4 is 35.3 Å². The number of benzene rings is 2. The number of aliphatic carboxylic acids is 1. The summed E-state index contributed by atoms with van der Waals surface area (Å²) < 4.78 is 31.7.